The molecule has 2 aliphatic rings. The van der Waals surface area contributed by atoms with Gasteiger partial charge in [-0.2, -0.15) is 5.10 Å². The number of benzene rings is 1. The molecule has 1 N–H and O–H groups in total. The minimum absolute atomic E-state index is 0. The van der Waals surface area contributed by atoms with Crippen molar-refractivity contribution in [2.45, 2.75) is 25.9 Å². The number of methoxy groups -OCH3 is 1. The van der Waals surface area contributed by atoms with Crippen molar-refractivity contribution in [1.82, 2.24) is 24.6 Å². The Morgan fingerprint density at radius 1 is 1.07 bits per heavy atom. The number of nitrogens with one attached hydrogen (secondary N) is 1. The lowest BCUT2D eigenvalue weighted by molar-refractivity contribution is 0.414. The molecule has 0 amide bonds. The maximum Gasteiger partial charge on any atom is 0.165 e. The van der Waals surface area contributed by atoms with Gasteiger partial charge in [-0.1, -0.05) is 0 Å². The van der Waals surface area contributed by atoms with Crippen LogP contribution in [0.4, 0.5) is 5.69 Å². The number of hydrogen-bond donors (Lipinski definition) is 1. The number of aromatic nitrogens is 4. The van der Waals surface area contributed by atoms with Crippen LogP contribution in [0.1, 0.15) is 18.5 Å². The van der Waals surface area contributed by atoms with Gasteiger partial charge in [0.15, 0.2) is 5.82 Å². The zero-order chi connectivity index (χ0) is 18.2. The van der Waals surface area contributed by atoms with Crippen molar-refractivity contribution in [1.29, 1.82) is 0 Å². The third-order valence-corrected chi connectivity index (χ3v) is 5.43. The lowest BCUT2D eigenvalue weighted by Gasteiger charge is -2.21. The van der Waals surface area contributed by atoms with E-state index in [9.17, 15) is 0 Å². The smallest absolute Gasteiger partial charge is 0.165 e. The monoisotopic (exact) mass is 436 g/mol. The number of hydrogen-bond acceptors (Lipinski definition) is 5. The molecule has 0 aliphatic carbocycles. The summed E-state index contributed by atoms with van der Waals surface area (Å²) in [7, 11) is 1.74. The minimum Gasteiger partial charge on any atom is -0.495 e. The number of halogens is 2. The van der Waals surface area contributed by atoms with Crippen LogP contribution in [0.5, 0.6) is 5.75 Å². The van der Waals surface area contributed by atoms with Gasteiger partial charge in [0.25, 0.3) is 0 Å². The minimum atomic E-state index is 0. The van der Waals surface area contributed by atoms with E-state index in [0.29, 0.717) is 0 Å². The number of anilines is 1. The third kappa shape index (κ3) is 3.95. The second-order valence-electron chi connectivity index (χ2n) is 7.09. The van der Waals surface area contributed by atoms with Crippen LogP contribution in [0.2, 0.25) is 0 Å². The summed E-state index contributed by atoms with van der Waals surface area (Å²) in [4.78, 5) is 6.97. The van der Waals surface area contributed by atoms with E-state index in [0.717, 1.165) is 55.7 Å². The van der Waals surface area contributed by atoms with Gasteiger partial charge in [-0.3, -0.25) is 9.25 Å². The molecule has 0 radical (unpaired) electrons. The summed E-state index contributed by atoms with van der Waals surface area (Å²) < 4.78 is 9.86. The second kappa shape index (κ2) is 9.07. The normalized spacial score (nSPS) is 15.4. The molecule has 0 bridgehead atoms. The number of fused-ring (bicyclic) bond motifs is 1. The van der Waals surface area contributed by atoms with Crippen molar-refractivity contribution in [2.75, 3.05) is 31.6 Å². The lowest BCUT2D eigenvalue weighted by atomic mass is 10.2. The first kappa shape index (κ1) is 21.5. The molecule has 2 aromatic heterocycles. The predicted octanol–water partition coefficient (Wildman–Crippen LogP) is 3.29. The van der Waals surface area contributed by atoms with Crippen molar-refractivity contribution in [2.24, 2.45) is 0 Å². The van der Waals surface area contributed by atoms with Crippen molar-refractivity contribution in [3.05, 3.63) is 42.4 Å². The van der Waals surface area contributed by atoms with E-state index in [1.165, 1.54) is 24.2 Å². The van der Waals surface area contributed by atoms with Gasteiger partial charge in [-0.15, -0.1) is 24.8 Å². The van der Waals surface area contributed by atoms with Crippen LogP contribution < -0.4 is 15.0 Å². The molecule has 3 aromatic rings. The van der Waals surface area contributed by atoms with Gasteiger partial charge in [-0.05, 0) is 31.0 Å². The first-order valence-electron chi connectivity index (χ1n) is 9.58. The van der Waals surface area contributed by atoms with Crippen LogP contribution in [-0.4, -0.2) is 46.1 Å². The van der Waals surface area contributed by atoms with Crippen molar-refractivity contribution in [3.8, 4) is 23.0 Å². The Bertz CT molecular complexity index is 940. The molecule has 9 heteroatoms. The van der Waals surface area contributed by atoms with E-state index in [1.807, 2.05) is 12.4 Å². The number of rotatable bonds is 4. The van der Waals surface area contributed by atoms with Gasteiger partial charge < -0.3 is 15.0 Å². The lowest BCUT2D eigenvalue weighted by Crippen LogP contribution is -2.28. The highest BCUT2D eigenvalue weighted by molar-refractivity contribution is 5.85. The van der Waals surface area contributed by atoms with Gasteiger partial charge in [0.2, 0.25) is 0 Å². The molecule has 0 atom stereocenters. The highest BCUT2D eigenvalue weighted by atomic mass is 35.5. The summed E-state index contributed by atoms with van der Waals surface area (Å²) in [5.41, 5.74) is 4.31. The second-order valence-corrected chi connectivity index (χ2v) is 7.09. The fourth-order valence-corrected chi connectivity index (χ4v) is 4.04. The van der Waals surface area contributed by atoms with Gasteiger partial charge in [0.1, 0.15) is 11.4 Å². The maximum absolute atomic E-state index is 5.70. The van der Waals surface area contributed by atoms with Crippen LogP contribution in [0.15, 0.2) is 36.7 Å². The zero-order valence-electron chi connectivity index (χ0n) is 16.4. The van der Waals surface area contributed by atoms with Crippen LogP contribution in [0.25, 0.3) is 17.2 Å². The SMILES string of the molecule is COc1cc(-n2ccnc2-c2cc3n(n2)CCNC3)ccc1N1CCCC1.Cl.Cl. The Balaban J connectivity index is 0.00000120. The maximum atomic E-state index is 5.70. The van der Waals surface area contributed by atoms with E-state index < -0.39 is 0 Å². The summed E-state index contributed by atoms with van der Waals surface area (Å²) in [6, 6.07) is 8.52. The summed E-state index contributed by atoms with van der Waals surface area (Å²) in [5, 5.41) is 8.14. The highest BCUT2D eigenvalue weighted by Crippen LogP contribution is 2.34. The molecule has 0 spiro atoms. The highest BCUT2D eigenvalue weighted by Gasteiger charge is 2.19. The molecule has 2 aliphatic heterocycles. The van der Waals surface area contributed by atoms with Crippen molar-refractivity contribution < 1.29 is 4.74 Å². The molecule has 1 saturated heterocycles. The average Bonchev–Trinajstić information content (AvgIpc) is 3.47. The first-order chi connectivity index (χ1) is 13.3. The van der Waals surface area contributed by atoms with Crippen LogP contribution in [0.3, 0.4) is 0 Å². The summed E-state index contributed by atoms with van der Waals surface area (Å²) in [5.74, 6) is 1.76. The molecule has 1 fully saturated rings. The number of ether oxygens (including phenoxy) is 1. The van der Waals surface area contributed by atoms with Crippen molar-refractivity contribution in [3.63, 3.8) is 0 Å². The molecular weight excluding hydrogens is 411 g/mol. The molecule has 0 saturated carbocycles. The third-order valence-electron chi connectivity index (χ3n) is 5.43. The Morgan fingerprint density at radius 2 is 1.90 bits per heavy atom. The Hall–Kier alpha value is -2.22. The molecule has 4 heterocycles. The number of imidazole rings is 1. The molecule has 7 nitrogen and oxygen atoms in total. The molecule has 5 rings (SSSR count). The Kier molecular flexibility index (Phi) is 6.72. The molecule has 156 valence electrons. The van der Waals surface area contributed by atoms with Gasteiger partial charge in [0.05, 0.1) is 30.7 Å². The largest absolute Gasteiger partial charge is 0.495 e. The van der Waals surface area contributed by atoms with E-state index in [-0.39, 0.29) is 24.8 Å². The topological polar surface area (TPSA) is 60.1 Å². The Labute approximate surface area is 182 Å². The summed E-state index contributed by atoms with van der Waals surface area (Å²) in [6.07, 6.45) is 6.30. The molecular formula is C20H26Cl2N6O. The van der Waals surface area contributed by atoms with Crippen LogP contribution >= 0.6 is 24.8 Å². The van der Waals surface area contributed by atoms with Crippen LogP contribution in [-0.2, 0) is 13.1 Å². The van der Waals surface area contributed by atoms with Crippen molar-refractivity contribution >= 4 is 30.5 Å². The predicted molar refractivity (Wildman–Crippen MR) is 119 cm³/mol. The summed E-state index contributed by atoms with van der Waals surface area (Å²) >= 11 is 0. The molecule has 1 aromatic carbocycles. The fourth-order valence-electron chi connectivity index (χ4n) is 4.04. The van der Waals surface area contributed by atoms with Gasteiger partial charge in [0, 0.05) is 44.6 Å². The Morgan fingerprint density at radius 3 is 2.66 bits per heavy atom. The van der Waals surface area contributed by atoms with E-state index in [4.69, 9.17) is 9.84 Å². The fraction of sp³-hybridized carbons (Fsp3) is 0.400. The van der Waals surface area contributed by atoms with E-state index >= 15 is 0 Å². The number of nitrogens with zero attached hydrogens (tertiary/aromatic N) is 5. The first-order valence-corrected chi connectivity index (χ1v) is 9.58. The van der Waals surface area contributed by atoms with Gasteiger partial charge >= 0.3 is 0 Å². The molecule has 0 unspecified atom stereocenters. The van der Waals surface area contributed by atoms with Gasteiger partial charge in [-0.25, -0.2) is 4.98 Å². The van der Waals surface area contributed by atoms with Crippen LogP contribution in [0, 0.1) is 0 Å². The zero-order valence-corrected chi connectivity index (χ0v) is 18.0. The molecule has 29 heavy (non-hydrogen) atoms. The average molecular weight is 437 g/mol. The summed E-state index contributed by atoms with van der Waals surface area (Å²) in [6.45, 7) is 4.90. The van der Waals surface area contributed by atoms with E-state index in [1.54, 1.807) is 7.11 Å². The van der Waals surface area contributed by atoms with E-state index in [2.05, 4.69) is 48.7 Å². The quantitative estimate of drug-likeness (QED) is 0.679. The standard InChI is InChI=1S/C20H24N6O.2ClH/c1-27-19-13-15(4-5-18(19)24-8-2-3-9-24)25-10-7-22-20(25)17-12-16-14-21-6-11-26(16)23-17;;/h4-5,7,10,12-13,21H,2-3,6,8-9,11,14H2,1H3;2*1H.